The molecule has 1 saturated heterocycles. The van der Waals surface area contributed by atoms with E-state index in [9.17, 15) is 0 Å². The minimum atomic E-state index is 1.36. The van der Waals surface area contributed by atoms with Crippen LogP contribution in [-0.4, -0.2) is 19.6 Å². The van der Waals surface area contributed by atoms with Gasteiger partial charge in [-0.2, -0.15) is 4.90 Å². The number of nitrogens with zero attached hydrogens (tertiary/aromatic N) is 1. The van der Waals surface area contributed by atoms with Crippen molar-refractivity contribution in [3.63, 3.8) is 0 Å². The standard InChI is InChI=1S/C10H21N/c1-2-3-4-5-8-11-9-6-7-10-11/h2-10H2,1H3/q+1. The van der Waals surface area contributed by atoms with Crippen molar-refractivity contribution in [3.05, 3.63) is 0 Å². The van der Waals surface area contributed by atoms with Crippen LogP contribution in [0.5, 0.6) is 0 Å². The zero-order chi connectivity index (χ0) is 7.94. The van der Waals surface area contributed by atoms with Crippen LogP contribution in [0.2, 0.25) is 0 Å². The Morgan fingerprint density at radius 1 is 1.00 bits per heavy atom. The van der Waals surface area contributed by atoms with Crippen LogP contribution >= 0.6 is 0 Å². The summed E-state index contributed by atoms with van der Waals surface area (Å²) in [6.45, 7) is 6.37. The molecule has 65 valence electrons. The van der Waals surface area contributed by atoms with Crippen LogP contribution in [0, 0.1) is 0 Å². The zero-order valence-electron chi connectivity index (χ0n) is 7.81. The molecule has 1 fully saturated rings. The lowest BCUT2D eigenvalue weighted by atomic mass is 10.2. The summed E-state index contributed by atoms with van der Waals surface area (Å²) < 4.78 is 0. The second-order valence-electron chi connectivity index (χ2n) is 3.61. The molecule has 0 saturated carbocycles. The first kappa shape index (κ1) is 9.05. The molecule has 0 spiro atoms. The molecular weight excluding hydrogens is 134 g/mol. The lowest BCUT2D eigenvalue weighted by Gasteiger charge is -2.03. The quantitative estimate of drug-likeness (QED) is 0.425. The number of hydrogen-bond acceptors (Lipinski definition) is 1. The Kier molecular flexibility index (Phi) is 4.60. The van der Waals surface area contributed by atoms with Gasteiger partial charge in [0.1, 0.15) is 19.6 Å². The Morgan fingerprint density at radius 3 is 2.36 bits per heavy atom. The minimum absolute atomic E-state index is 1.36. The van der Waals surface area contributed by atoms with Crippen molar-refractivity contribution in [1.82, 2.24) is 4.90 Å². The Labute approximate surface area is 70.8 Å². The van der Waals surface area contributed by atoms with Gasteiger partial charge in [-0.05, 0) is 6.42 Å². The number of unbranched alkanes of at least 4 members (excludes halogenated alkanes) is 3. The maximum absolute atomic E-state index is 2.61. The van der Waals surface area contributed by atoms with Crippen LogP contribution in [0.1, 0.15) is 45.4 Å². The molecule has 0 unspecified atom stereocenters. The Balaban J connectivity index is 1.86. The van der Waals surface area contributed by atoms with Crippen LogP contribution in [0.3, 0.4) is 0 Å². The SMILES string of the molecule is CCCCCC[N+]1CCCC1. The monoisotopic (exact) mass is 155 g/mol. The van der Waals surface area contributed by atoms with Gasteiger partial charge in [-0.25, -0.2) is 0 Å². The molecule has 1 aliphatic rings. The molecule has 1 rings (SSSR count). The molecule has 1 nitrogen and oxygen atoms in total. The van der Waals surface area contributed by atoms with E-state index < -0.39 is 0 Å². The fourth-order valence-electron chi connectivity index (χ4n) is 1.77. The normalized spacial score (nSPS) is 19.4. The molecular formula is C10H21N+. The molecule has 1 aliphatic heterocycles. The van der Waals surface area contributed by atoms with Crippen LogP contribution in [0.25, 0.3) is 0 Å². The van der Waals surface area contributed by atoms with Gasteiger partial charge in [0.05, 0.1) is 0 Å². The van der Waals surface area contributed by atoms with E-state index in [1.807, 2.05) is 0 Å². The van der Waals surface area contributed by atoms with Crippen molar-refractivity contribution in [3.8, 4) is 0 Å². The smallest absolute Gasteiger partial charge is 0.123 e. The van der Waals surface area contributed by atoms with Gasteiger partial charge in [0, 0.05) is 19.3 Å². The van der Waals surface area contributed by atoms with Gasteiger partial charge in [0.2, 0.25) is 0 Å². The predicted octanol–water partition coefficient (Wildman–Crippen LogP) is 2.50. The van der Waals surface area contributed by atoms with Crippen molar-refractivity contribution >= 4 is 0 Å². The molecule has 0 N–H and O–H groups in total. The summed E-state index contributed by atoms with van der Waals surface area (Å²) in [5.41, 5.74) is 0. The topological polar surface area (TPSA) is 5.90 Å². The van der Waals surface area contributed by atoms with Crippen molar-refractivity contribution in [2.75, 3.05) is 19.6 Å². The van der Waals surface area contributed by atoms with E-state index in [1.165, 1.54) is 58.2 Å². The molecule has 11 heavy (non-hydrogen) atoms. The van der Waals surface area contributed by atoms with E-state index in [-0.39, 0.29) is 0 Å². The van der Waals surface area contributed by atoms with E-state index in [2.05, 4.69) is 11.8 Å². The molecule has 1 heterocycles. The minimum Gasteiger partial charge on any atom is -0.170 e. The van der Waals surface area contributed by atoms with E-state index in [0.29, 0.717) is 0 Å². The van der Waals surface area contributed by atoms with Gasteiger partial charge in [-0.3, -0.25) is 0 Å². The third-order valence-corrected chi connectivity index (χ3v) is 2.53. The van der Waals surface area contributed by atoms with Gasteiger partial charge < -0.3 is 0 Å². The van der Waals surface area contributed by atoms with Crippen molar-refractivity contribution in [2.24, 2.45) is 0 Å². The third kappa shape index (κ3) is 3.76. The highest BCUT2D eigenvalue weighted by Crippen LogP contribution is 2.06. The maximum Gasteiger partial charge on any atom is 0.123 e. The summed E-state index contributed by atoms with van der Waals surface area (Å²) in [4.78, 5) is 2.61. The van der Waals surface area contributed by atoms with Crippen molar-refractivity contribution in [1.29, 1.82) is 0 Å². The van der Waals surface area contributed by atoms with E-state index in [0.717, 1.165) is 0 Å². The number of hydrogen-bond donors (Lipinski definition) is 0. The molecule has 1 radical (unpaired) electrons. The first-order valence-electron chi connectivity index (χ1n) is 5.16. The van der Waals surface area contributed by atoms with Crippen molar-refractivity contribution < 1.29 is 0 Å². The van der Waals surface area contributed by atoms with Crippen LogP contribution in [0.4, 0.5) is 0 Å². The fraction of sp³-hybridized carbons (Fsp3) is 1.00. The summed E-state index contributed by atoms with van der Waals surface area (Å²) in [6, 6.07) is 0. The largest absolute Gasteiger partial charge is 0.170 e. The summed E-state index contributed by atoms with van der Waals surface area (Å²) in [5, 5.41) is 0. The van der Waals surface area contributed by atoms with Gasteiger partial charge in [0.15, 0.2) is 0 Å². The second-order valence-corrected chi connectivity index (χ2v) is 3.61. The fourth-order valence-corrected chi connectivity index (χ4v) is 1.77. The molecule has 0 bridgehead atoms. The average Bonchev–Trinajstić information content (AvgIpc) is 2.50. The number of rotatable bonds is 5. The molecule has 0 aromatic carbocycles. The summed E-state index contributed by atoms with van der Waals surface area (Å²) in [7, 11) is 0. The molecule has 0 amide bonds. The van der Waals surface area contributed by atoms with Crippen LogP contribution in [0.15, 0.2) is 0 Å². The molecule has 0 aromatic heterocycles. The molecule has 0 atom stereocenters. The predicted molar refractivity (Wildman–Crippen MR) is 50.1 cm³/mol. The zero-order valence-corrected chi connectivity index (χ0v) is 7.81. The van der Waals surface area contributed by atoms with Gasteiger partial charge in [-0.15, -0.1) is 0 Å². The first-order chi connectivity index (χ1) is 5.43. The summed E-state index contributed by atoms with van der Waals surface area (Å²) >= 11 is 0. The summed E-state index contributed by atoms with van der Waals surface area (Å²) in [6.07, 6.45) is 8.52. The van der Waals surface area contributed by atoms with Crippen molar-refractivity contribution in [2.45, 2.75) is 45.4 Å². The highest BCUT2D eigenvalue weighted by molar-refractivity contribution is 4.70. The lowest BCUT2D eigenvalue weighted by Crippen LogP contribution is -2.26. The second kappa shape index (κ2) is 5.59. The van der Waals surface area contributed by atoms with E-state index >= 15 is 0 Å². The molecule has 0 aromatic rings. The lowest BCUT2D eigenvalue weighted by molar-refractivity contribution is 0.460. The van der Waals surface area contributed by atoms with Crippen LogP contribution in [-0.2, 0) is 0 Å². The first-order valence-corrected chi connectivity index (χ1v) is 5.16. The van der Waals surface area contributed by atoms with E-state index in [1.54, 1.807) is 0 Å². The Morgan fingerprint density at radius 2 is 1.73 bits per heavy atom. The van der Waals surface area contributed by atoms with Crippen LogP contribution < -0.4 is 4.90 Å². The third-order valence-electron chi connectivity index (χ3n) is 2.53. The maximum atomic E-state index is 2.61. The Hall–Kier alpha value is -0.0400. The van der Waals surface area contributed by atoms with Gasteiger partial charge in [-0.1, -0.05) is 19.8 Å². The molecule has 1 heteroatoms. The average molecular weight is 155 g/mol. The highest BCUT2D eigenvalue weighted by atomic mass is 15.1. The van der Waals surface area contributed by atoms with Gasteiger partial charge >= 0.3 is 0 Å². The summed E-state index contributed by atoms with van der Waals surface area (Å²) in [5.74, 6) is 0. The highest BCUT2D eigenvalue weighted by Gasteiger charge is 2.19. The van der Waals surface area contributed by atoms with Gasteiger partial charge in [0.25, 0.3) is 0 Å². The van der Waals surface area contributed by atoms with E-state index in [4.69, 9.17) is 0 Å². The number of likely N-dealkylation sites (tertiary alicyclic amines) is 1. The Bertz CT molecular complexity index is 84.9. The molecule has 0 aliphatic carbocycles.